The Kier molecular flexibility index (Phi) is 9.43. The van der Waals surface area contributed by atoms with Gasteiger partial charge in [-0.3, -0.25) is 4.79 Å². The number of methoxy groups -OCH3 is 1. The highest BCUT2D eigenvalue weighted by Gasteiger charge is 2.15. The van der Waals surface area contributed by atoms with Crippen LogP contribution in [0.2, 0.25) is 0 Å². The monoisotopic (exact) mass is 470 g/mol. The summed E-state index contributed by atoms with van der Waals surface area (Å²) in [5.41, 5.74) is 1.94. The summed E-state index contributed by atoms with van der Waals surface area (Å²) in [6.45, 7) is 4.52. The van der Waals surface area contributed by atoms with Crippen molar-refractivity contribution < 1.29 is 14.3 Å². The Labute approximate surface area is 186 Å². The number of hydrogen-bond donors (Lipinski definition) is 1. The molecule has 0 aliphatic carbocycles. The number of carbonyl (C=O) groups is 1. The number of ether oxygens (including phenoxy) is 2. The average molecular weight is 471 g/mol. The lowest BCUT2D eigenvalue weighted by Gasteiger charge is -2.17. The molecule has 2 rings (SSSR count). The van der Waals surface area contributed by atoms with Crippen LogP contribution in [-0.2, 0) is 11.2 Å². The highest BCUT2D eigenvalue weighted by atomic mass is 79.9. The Hall–Kier alpha value is -2.78. The summed E-state index contributed by atoms with van der Waals surface area (Å²) in [6.07, 6.45) is 4.12. The summed E-state index contributed by atoms with van der Waals surface area (Å²) < 4.78 is 12.1. The van der Waals surface area contributed by atoms with Crippen molar-refractivity contribution in [2.24, 2.45) is 0 Å². The molecule has 0 unspecified atom stereocenters. The number of halogens is 1. The number of rotatable bonds is 10. The van der Waals surface area contributed by atoms with E-state index in [1.54, 1.807) is 25.3 Å². The first kappa shape index (κ1) is 23.5. The van der Waals surface area contributed by atoms with Crippen molar-refractivity contribution in [3.05, 3.63) is 63.6 Å². The van der Waals surface area contributed by atoms with E-state index in [1.807, 2.05) is 38.1 Å². The van der Waals surface area contributed by atoms with Crippen LogP contribution in [0.1, 0.15) is 37.8 Å². The van der Waals surface area contributed by atoms with E-state index in [4.69, 9.17) is 9.47 Å². The Morgan fingerprint density at radius 2 is 2.03 bits per heavy atom. The third kappa shape index (κ3) is 6.93. The molecule has 5 nitrogen and oxygen atoms in total. The quantitative estimate of drug-likeness (QED) is 0.290. The summed E-state index contributed by atoms with van der Waals surface area (Å²) in [6, 6.07) is 15.6. The summed E-state index contributed by atoms with van der Waals surface area (Å²) in [7, 11) is 1.56. The fourth-order valence-corrected chi connectivity index (χ4v) is 3.32. The van der Waals surface area contributed by atoms with Gasteiger partial charge in [0.15, 0.2) is 11.5 Å². The van der Waals surface area contributed by atoms with Crippen molar-refractivity contribution in [3.8, 4) is 17.6 Å². The zero-order valence-corrected chi connectivity index (χ0v) is 19.2. The number of amides is 1. The molecule has 0 saturated carbocycles. The van der Waals surface area contributed by atoms with E-state index in [-0.39, 0.29) is 17.6 Å². The molecule has 0 spiro atoms. The molecule has 0 heterocycles. The minimum Gasteiger partial charge on any atom is -0.493 e. The smallest absolute Gasteiger partial charge is 0.261 e. The maximum absolute atomic E-state index is 12.4. The standard InChI is InChI=1S/C24H27BrN2O3/c1-4-17(2)30-23-21(25)14-19(15-22(23)29-3)13-20(16-26)24(28)27-12-8-11-18-9-6-5-7-10-18/h5-7,9-10,13-15,17H,4,8,11-12H2,1-3H3,(H,27,28)/b20-13-/t17-/m0/s1. The molecule has 158 valence electrons. The molecule has 0 bridgehead atoms. The Morgan fingerprint density at radius 1 is 1.30 bits per heavy atom. The van der Waals surface area contributed by atoms with Crippen LogP contribution in [0, 0.1) is 11.3 Å². The van der Waals surface area contributed by atoms with Crippen molar-refractivity contribution in [3.63, 3.8) is 0 Å². The third-order valence-corrected chi connectivity index (χ3v) is 5.18. The van der Waals surface area contributed by atoms with Gasteiger partial charge in [0.05, 0.1) is 17.7 Å². The van der Waals surface area contributed by atoms with Crippen LogP contribution in [0.3, 0.4) is 0 Å². The van der Waals surface area contributed by atoms with E-state index in [0.29, 0.717) is 28.1 Å². The van der Waals surface area contributed by atoms with Gasteiger partial charge in [-0.1, -0.05) is 37.3 Å². The number of aryl methyl sites for hydroxylation is 1. The number of nitrogens with one attached hydrogen (secondary N) is 1. The Morgan fingerprint density at radius 3 is 2.67 bits per heavy atom. The molecule has 2 aromatic rings. The molecule has 1 N–H and O–H groups in total. The highest BCUT2D eigenvalue weighted by Crippen LogP contribution is 2.38. The molecule has 0 aliphatic rings. The van der Waals surface area contributed by atoms with E-state index in [1.165, 1.54) is 5.56 Å². The molecule has 0 aliphatic heterocycles. The van der Waals surface area contributed by atoms with E-state index >= 15 is 0 Å². The van der Waals surface area contributed by atoms with Gasteiger partial charge in [0.2, 0.25) is 0 Å². The van der Waals surface area contributed by atoms with Crippen LogP contribution < -0.4 is 14.8 Å². The van der Waals surface area contributed by atoms with Crippen LogP contribution in [0.15, 0.2) is 52.5 Å². The van der Waals surface area contributed by atoms with Crippen molar-refractivity contribution in [2.75, 3.05) is 13.7 Å². The minimum atomic E-state index is -0.388. The van der Waals surface area contributed by atoms with Gasteiger partial charge in [-0.25, -0.2) is 0 Å². The van der Waals surface area contributed by atoms with Crippen LogP contribution in [0.5, 0.6) is 11.5 Å². The molecule has 0 saturated heterocycles. The van der Waals surface area contributed by atoms with E-state index in [9.17, 15) is 10.1 Å². The molecular formula is C24H27BrN2O3. The number of carbonyl (C=O) groups excluding carboxylic acids is 1. The molecular weight excluding hydrogens is 444 g/mol. The van der Waals surface area contributed by atoms with Gasteiger partial charge in [0.1, 0.15) is 11.6 Å². The van der Waals surface area contributed by atoms with E-state index in [2.05, 4.69) is 33.4 Å². The second-order valence-corrected chi connectivity index (χ2v) is 7.74. The topological polar surface area (TPSA) is 71.3 Å². The zero-order chi connectivity index (χ0) is 21.9. The van der Waals surface area contributed by atoms with Crippen molar-refractivity contribution in [1.29, 1.82) is 5.26 Å². The molecule has 1 amide bonds. The molecule has 0 radical (unpaired) electrons. The maximum Gasteiger partial charge on any atom is 0.261 e. The van der Waals surface area contributed by atoms with Crippen LogP contribution in [0.25, 0.3) is 6.08 Å². The third-order valence-electron chi connectivity index (χ3n) is 4.59. The largest absolute Gasteiger partial charge is 0.493 e. The average Bonchev–Trinajstić information content (AvgIpc) is 2.76. The summed E-state index contributed by atoms with van der Waals surface area (Å²) in [5.74, 6) is 0.755. The van der Waals surface area contributed by atoms with Crippen molar-refractivity contribution in [1.82, 2.24) is 5.32 Å². The first-order chi connectivity index (χ1) is 14.5. The predicted molar refractivity (Wildman–Crippen MR) is 122 cm³/mol. The molecule has 0 aromatic heterocycles. The molecule has 6 heteroatoms. The van der Waals surface area contributed by atoms with E-state index in [0.717, 1.165) is 19.3 Å². The van der Waals surface area contributed by atoms with Gasteiger partial charge in [-0.2, -0.15) is 5.26 Å². The number of hydrogen-bond acceptors (Lipinski definition) is 4. The van der Waals surface area contributed by atoms with Crippen molar-refractivity contribution in [2.45, 2.75) is 39.2 Å². The van der Waals surface area contributed by atoms with Crippen LogP contribution >= 0.6 is 15.9 Å². The highest BCUT2D eigenvalue weighted by molar-refractivity contribution is 9.10. The van der Waals surface area contributed by atoms with Gasteiger partial charge in [0, 0.05) is 6.54 Å². The number of nitrogens with zero attached hydrogens (tertiary/aromatic N) is 1. The lowest BCUT2D eigenvalue weighted by atomic mass is 10.1. The predicted octanol–water partition coefficient (Wildman–Crippen LogP) is 5.29. The fraction of sp³-hybridized carbons (Fsp3) is 0.333. The van der Waals surface area contributed by atoms with Gasteiger partial charge >= 0.3 is 0 Å². The van der Waals surface area contributed by atoms with Crippen LogP contribution in [0.4, 0.5) is 0 Å². The number of benzene rings is 2. The second kappa shape index (κ2) is 12.0. The lowest BCUT2D eigenvalue weighted by Crippen LogP contribution is -2.25. The van der Waals surface area contributed by atoms with E-state index < -0.39 is 0 Å². The van der Waals surface area contributed by atoms with Gasteiger partial charge in [-0.15, -0.1) is 0 Å². The minimum absolute atomic E-state index is 0.0351. The Bertz CT molecular complexity index is 920. The van der Waals surface area contributed by atoms with Crippen molar-refractivity contribution >= 4 is 27.9 Å². The van der Waals surface area contributed by atoms with Gasteiger partial charge in [0.25, 0.3) is 5.91 Å². The normalized spacial score (nSPS) is 12.0. The van der Waals surface area contributed by atoms with Gasteiger partial charge < -0.3 is 14.8 Å². The lowest BCUT2D eigenvalue weighted by molar-refractivity contribution is -0.117. The molecule has 1 atom stereocenters. The molecule has 0 fully saturated rings. The SMILES string of the molecule is CC[C@H](C)Oc1c(Br)cc(/C=C(/C#N)C(=O)NCCCc2ccccc2)cc1OC. The summed E-state index contributed by atoms with van der Waals surface area (Å²) >= 11 is 3.50. The van der Waals surface area contributed by atoms with Gasteiger partial charge in [-0.05, 0) is 71.5 Å². The zero-order valence-electron chi connectivity index (χ0n) is 17.6. The summed E-state index contributed by atoms with van der Waals surface area (Å²) in [5, 5.41) is 12.3. The Balaban J connectivity index is 2.06. The number of nitriles is 1. The summed E-state index contributed by atoms with van der Waals surface area (Å²) in [4.78, 5) is 12.4. The second-order valence-electron chi connectivity index (χ2n) is 6.89. The fourth-order valence-electron chi connectivity index (χ4n) is 2.77. The maximum atomic E-state index is 12.4. The van der Waals surface area contributed by atoms with Crippen LogP contribution in [-0.4, -0.2) is 25.7 Å². The molecule has 2 aromatic carbocycles. The first-order valence-electron chi connectivity index (χ1n) is 9.96. The first-order valence-corrected chi connectivity index (χ1v) is 10.8. The molecule has 30 heavy (non-hydrogen) atoms.